The van der Waals surface area contributed by atoms with E-state index in [1.54, 1.807) is 0 Å². The summed E-state index contributed by atoms with van der Waals surface area (Å²) >= 11 is 0. The zero-order chi connectivity index (χ0) is 16.0. The minimum absolute atomic E-state index is 0.125. The third-order valence-electron chi connectivity index (χ3n) is 7.03. The van der Waals surface area contributed by atoms with E-state index in [2.05, 4.69) is 13.0 Å². The Morgan fingerprint density at radius 2 is 2.09 bits per heavy atom. The van der Waals surface area contributed by atoms with Gasteiger partial charge in [0.25, 0.3) is 0 Å². The Kier molecular flexibility index (Phi) is 3.89. The third kappa shape index (κ3) is 2.40. The smallest absolute Gasteiger partial charge is 0.115 e. The molecule has 5 atom stereocenters. The molecule has 3 aliphatic rings. The molecule has 5 unspecified atom stereocenters. The van der Waals surface area contributed by atoms with E-state index in [0.717, 1.165) is 24.7 Å². The first-order chi connectivity index (χ1) is 11.1. The van der Waals surface area contributed by atoms with Crippen molar-refractivity contribution in [3.63, 3.8) is 0 Å². The number of phenolic OH excluding ortho intramolecular Hbond substituents is 1. The number of aromatic hydroxyl groups is 1. The van der Waals surface area contributed by atoms with Crippen LogP contribution in [0.5, 0.6) is 5.75 Å². The van der Waals surface area contributed by atoms with Crippen LogP contribution >= 0.6 is 0 Å². The molecule has 0 amide bonds. The second kappa shape index (κ2) is 5.78. The van der Waals surface area contributed by atoms with Crippen LogP contribution < -0.4 is 0 Å². The van der Waals surface area contributed by atoms with Gasteiger partial charge in [0.15, 0.2) is 0 Å². The number of fused-ring (bicyclic) bond motifs is 5. The van der Waals surface area contributed by atoms with E-state index in [0.29, 0.717) is 24.4 Å². The second-order valence-electron chi connectivity index (χ2n) is 8.00. The Hall–Kier alpha value is -1.06. The third-order valence-corrected chi connectivity index (χ3v) is 7.03. The Labute approximate surface area is 138 Å². The van der Waals surface area contributed by atoms with Gasteiger partial charge in [0.05, 0.1) is 19.3 Å². The van der Waals surface area contributed by atoms with E-state index in [-0.39, 0.29) is 12.0 Å². The predicted molar refractivity (Wildman–Crippen MR) is 89.5 cm³/mol. The number of ether oxygens (including phenoxy) is 1. The van der Waals surface area contributed by atoms with Crippen molar-refractivity contribution in [2.24, 2.45) is 17.3 Å². The van der Waals surface area contributed by atoms with Gasteiger partial charge in [0.1, 0.15) is 5.75 Å². The molecular weight excluding hydrogens is 288 g/mol. The lowest BCUT2D eigenvalue weighted by Crippen LogP contribution is -2.44. The van der Waals surface area contributed by atoms with Crippen molar-refractivity contribution >= 4 is 0 Å². The summed E-state index contributed by atoms with van der Waals surface area (Å²) in [5, 5.41) is 18.8. The van der Waals surface area contributed by atoms with E-state index in [1.165, 1.54) is 36.8 Å². The molecule has 0 aliphatic heterocycles. The van der Waals surface area contributed by atoms with Gasteiger partial charge in [-0.05, 0) is 85.0 Å². The van der Waals surface area contributed by atoms with Crippen LogP contribution in [0.3, 0.4) is 0 Å². The Morgan fingerprint density at radius 3 is 2.91 bits per heavy atom. The standard InChI is InChI=1S/C20H28O3/c1-20-9-8-16-15-5-3-14(22)12-13(15)2-4-17(16)18(20)6-7-19(20)23-11-10-21/h3,5,12,16-19,21-22H,2,4,6-11H2,1H3. The largest absolute Gasteiger partial charge is 0.508 e. The molecule has 0 radical (unpaired) electrons. The van der Waals surface area contributed by atoms with Crippen molar-refractivity contribution in [1.29, 1.82) is 0 Å². The van der Waals surface area contributed by atoms with E-state index >= 15 is 0 Å². The van der Waals surface area contributed by atoms with Crippen molar-refractivity contribution in [2.45, 2.75) is 57.5 Å². The fourth-order valence-electron chi connectivity index (χ4n) is 5.99. The summed E-state index contributed by atoms with van der Waals surface area (Å²) < 4.78 is 6.01. The van der Waals surface area contributed by atoms with Gasteiger partial charge in [-0.2, -0.15) is 0 Å². The highest BCUT2D eigenvalue weighted by molar-refractivity contribution is 5.40. The van der Waals surface area contributed by atoms with Crippen LogP contribution in [0.2, 0.25) is 0 Å². The lowest BCUT2D eigenvalue weighted by Gasteiger charge is -2.50. The second-order valence-corrected chi connectivity index (χ2v) is 8.00. The van der Waals surface area contributed by atoms with Gasteiger partial charge in [-0.15, -0.1) is 0 Å². The Bertz CT molecular complexity index is 584. The zero-order valence-corrected chi connectivity index (χ0v) is 14.0. The molecule has 0 aromatic heterocycles. The van der Waals surface area contributed by atoms with Crippen LogP contribution in [0.1, 0.15) is 56.1 Å². The van der Waals surface area contributed by atoms with Gasteiger partial charge < -0.3 is 14.9 Å². The van der Waals surface area contributed by atoms with E-state index in [4.69, 9.17) is 9.84 Å². The van der Waals surface area contributed by atoms with Crippen LogP contribution in [0, 0.1) is 17.3 Å². The number of aliphatic hydroxyl groups is 1. The van der Waals surface area contributed by atoms with Crippen LogP contribution in [0.25, 0.3) is 0 Å². The van der Waals surface area contributed by atoms with Crippen molar-refractivity contribution in [2.75, 3.05) is 13.2 Å². The Morgan fingerprint density at radius 1 is 1.22 bits per heavy atom. The molecule has 1 aromatic carbocycles. The lowest BCUT2D eigenvalue weighted by atomic mass is 9.55. The molecule has 0 heterocycles. The first-order valence-electron chi connectivity index (χ1n) is 9.18. The minimum Gasteiger partial charge on any atom is -0.508 e. The van der Waals surface area contributed by atoms with Gasteiger partial charge >= 0.3 is 0 Å². The highest BCUT2D eigenvalue weighted by Gasteiger charge is 2.55. The topological polar surface area (TPSA) is 49.7 Å². The first-order valence-corrected chi connectivity index (χ1v) is 9.18. The van der Waals surface area contributed by atoms with Crippen molar-refractivity contribution in [3.8, 4) is 5.75 Å². The molecule has 2 fully saturated rings. The molecule has 3 heteroatoms. The molecule has 1 aromatic rings. The van der Waals surface area contributed by atoms with Crippen molar-refractivity contribution in [3.05, 3.63) is 29.3 Å². The molecule has 2 N–H and O–H groups in total. The molecule has 4 rings (SSSR count). The molecule has 23 heavy (non-hydrogen) atoms. The summed E-state index contributed by atoms with van der Waals surface area (Å²) in [5.41, 5.74) is 3.13. The van der Waals surface area contributed by atoms with Crippen LogP contribution in [-0.2, 0) is 11.2 Å². The maximum absolute atomic E-state index is 9.76. The van der Waals surface area contributed by atoms with Gasteiger partial charge in [-0.3, -0.25) is 0 Å². The number of hydrogen-bond acceptors (Lipinski definition) is 3. The number of phenols is 1. The maximum Gasteiger partial charge on any atom is 0.115 e. The number of hydrogen-bond donors (Lipinski definition) is 2. The highest BCUT2D eigenvalue weighted by Crippen LogP contribution is 2.61. The quantitative estimate of drug-likeness (QED) is 0.895. The normalized spacial score (nSPS) is 38.7. The minimum atomic E-state index is 0.125. The number of aliphatic hydroxyl groups excluding tert-OH is 1. The SMILES string of the molecule is CC12CCC3c4ccc(O)cc4CCC3C1CCC2OCCO. The summed E-state index contributed by atoms with van der Waals surface area (Å²) in [7, 11) is 0. The van der Waals surface area contributed by atoms with Gasteiger partial charge in [0.2, 0.25) is 0 Å². The lowest BCUT2D eigenvalue weighted by molar-refractivity contribution is -0.0710. The molecule has 126 valence electrons. The van der Waals surface area contributed by atoms with Crippen LogP contribution in [-0.4, -0.2) is 29.5 Å². The number of benzene rings is 1. The predicted octanol–water partition coefficient (Wildman–Crippen LogP) is 3.63. The number of rotatable bonds is 3. The van der Waals surface area contributed by atoms with Gasteiger partial charge in [-0.25, -0.2) is 0 Å². The monoisotopic (exact) mass is 316 g/mol. The number of aryl methyl sites for hydroxylation is 1. The van der Waals surface area contributed by atoms with Gasteiger partial charge in [-0.1, -0.05) is 13.0 Å². The van der Waals surface area contributed by atoms with Gasteiger partial charge in [0, 0.05) is 0 Å². The van der Waals surface area contributed by atoms with E-state index in [9.17, 15) is 5.11 Å². The highest BCUT2D eigenvalue weighted by atomic mass is 16.5. The Balaban J connectivity index is 1.59. The average Bonchev–Trinajstić information content (AvgIpc) is 2.89. The molecule has 3 nitrogen and oxygen atoms in total. The average molecular weight is 316 g/mol. The first kappa shape index (κ1) is 15.5. The van der Waals surface area contributed by atoms with Crippen molar-refractivity contribution in [1.82, 2.24) is 0 Å². The maximum atomic E-state index is 9.76. The molecule has 0 bridgehead atoms. The summed E-state index contributed by atoms with van der Waals surface area (Å²) in [6.07, 6.45) is 7.52. The zero-order valence-electron chi connectivity index (χ0n) is 14.0. The van der Waals surface area contributed by atoms with Crippen molar-refractivity contribution < 1.29 is 14.9 Å². The van der Waals surface area contributed by atoms with Crippen LogP contribution in [0.4, 0.5) is 0 Å². The summed E-state index contributed by atoms with van der Waals surface area (Å²) in [5.74, 6) is 2.57. The van der Waals surface area contributed by atoms with E-state index in [1.807, 2.05) is 12.1 Å². The molecular formula is C20H28O3. The summed E-state index contributed by atoms with van der Waals surface area (Å²) in [6.45, 7) is 3.03. The molecule has 2 saturated carbocycles. The molecule has 3 aliphatic carbocycles. The molecule has 0 spiro atoms. The fourth-order valence-corrected chi connectivity index (χ4v) is 5.99. The van der Waals surface area contributed by atoms with E-state index < -0.39 is 0 Å². The van der Waals surface area contributed by atoms with Crippen LogP contribution in [0.15, 0.2) is 18.2 Å². The summed E-state index contributed by atoms with van der Waals surface area (Å²) in [4.78, 5) is 0. The molecule has 0 saturated heterocycles. The fraction of sp³-hybridized carbons (Fsp3) is 0.700. The summed E-state index contributed by atoms with van der Waals surface area (Å²) in [6, 6.07) is 6.00.